The van der Waals surface area contributed by atoms with Crippen LogP contribution in [0.25, 0.3) is 11.1 Å². The summed E-state index contributed by atoms with van der Waals surface area (Å²) >= 11 is 0. The van der Waals surface area contributed by atoms with Gasteiger partial charge in [-0.3, -0.25) is 9.36 Å². The Labute approximate surface area is 134 Å². The molecule has 0 unspecified atom stereocenters. The summed E-state index contributed by atoms with van der Waals surface area (Å²) in [6.45, 7) is 4.75. The molecule has 7 heteroatoms. The Morgan fingerprint density at radius 1 is 1.41 bits per heavy atom. The summed E-state index contributed by atoms with van der Waals surface area (Å²) in [5.41, 5.74) is 1.30. The van der Waals surface area contributed by atoms with Crippen LogP contribution in [0.2, 0.25) is 0 Å². The van der Waals surface area contributed by atoms with Gasteiger partial charge in [0, 0.05) is 38.6 Å². The van der Waals surface area contributed by atoms with Crippen molar-refractivity contribution in [2.75, 3.05) is 19.6 Å². The van der Waals surface area contributed by atoms with Gasteiger partial charge in [-0.25, -0.2) is 4.79 Å². The molecule has 3 rings (SSSR count). The number of para-hydroxylation sites is 2. The number of hydrogen-bond acceptors (Lipinski definition) is 4. The van der Waals surface area contributed by atoms with Gasteiger partial charge in [0.25, 0.3) is 0 Å². The number of hydrogen-bond donors (Lipinski definition) is 1. The monoisotopic (exact) mass is 325 g/mol. The van der Waals surface area contributed by atoms with Gasteiger partial charge < -0.3 is 14.6 Å². The molecule has 2 aromatic rings. The van der Waals surface area contributed by atoms with Crippen molar-refractivity contribution in [3.8, 4) is 0 Å². The first-order chi connectivity index (χ1) is 10.2. The first-order valence-corrected chi connectivity index (χ1v) is 7.25. The second-order valence-electron chi connectivity index (χ2n) is 5.38. The van der Waals surface area contributed by atoms with E-state index in [-0.39, 0.29) is 24.4 Å². The lowest BCUT2D eigenvalue weighted by Crippen LogP contribution is -2.52. The topological polar surface area (TPSA) is 67.5 Å². The number of aryl methyl sites for hydroxylation is 1. The first-order valence-electron chi connectivity index (χ1n) is 7.25. The van der Waals surface area contributed by atoms with Crippen LogP contribution in [0.3, 0.4) is 0 Å². The van der Waals surface area contributed by atoms with E-state index in [2.05, 4.69) is 5.32 Å². The third kappa shape index (κ3) is 3.18. The number of rotatable bonds is 3. The molecule has 1 atom stereocenters. The van der Waals surface area contributed by atoms with Gasteiger partial charge >= 0.3 is 5.76 Å². The van der Waals surface area contributed by atoms with Gasteiger partial charge in [-0.05, 0) is 19.1 Å². The third-order valence-corrected chi connectivity index (χ3v) is 3.94. The molecule has 0 radical (unpaired) electrons. The highest BCUT2D eigenvalue weighted by Crippen LogP contribution is 2.13. The fourth-order valence-electron chi connectivity index (χ4n) is 2.79. The van der Waals surface area contributed by atoms with Crippen LogP contribution in [0.5, 0.6) is 0 Å². The van der Waals surface area contributed by atoms with Gasteiger partial charge in [0.05, 0.1) is 5.52 Å². The van der Waals surface area contributed by atoms with Gasteiger partial charge in [-0.2, -0.15) is 0 Å². The molecule has 1 N–H and O–H groups in total. The average molecular weight is 326 g/mol. The molecule has 1 aromatic heterocycles. The van der Waals surface area contributed by atoms with Crippen molar-refractivity contribution in [2.45, 2.75) is 25.9 Å². The Balaban J connectivity index is 0.00000176. The van der Waals surface area contributed by atoms with Crippen LogP contribution in [0.15, 0.2) is 33.5 Å². The number of nitrogens with one attached hydrogen (secondary N) is 1. The third-order valence-electron chi connectivity index (χ3n) is 3.94. The zero-order chi connectivity index (χ0) is 14.8. The predicted octanol–water partition coefficient (Wildman–Crippen LogP) is 1.23. The van der Waals surface area contributed by atoms with Gasteiger partial charge in [-0.1, -0.05) is 12.1 Å². The van der Waals surface area contributed by atoms with Crippen molar-refractivity contribution < 1.29 is 9.21 Å². The number of fused-ring (bicyclic) bond motifs is 1. The highest BCUT2D eigenvalue weighted by molar-refractivity contribution is 5.85. The van der Waals surface area contributed by atoms with Gasteiger partial charge in [0.2, 0.25) is 5.91 Å². The van der Waals surface area contributed by atoms with Crippen molar-refractivity contribution in [3.63, 3.8) is 0 Å². The lowest BCUT2D eigenvalue weighted by molar-refractivity contribution is -0.134. The summed E-state index contributed by atoms with van der Waals surface area (Å²) in [5.74, 6) is -0.321. The Bertz CT molecular complexity index is 709. The summed E-state index contributed by atoms with van der Waals surface area (Å²) in [6, 6.07) is 7.46. The van der Waals surface area contributed by atoms with Crippen LogP contribution in [0.1, 0.15) is 13.3 Å². The van der Waals surface area contributed by atoms with Crippen molar-refractivity contribution in [1.82, 2.24) is 14.8 Å². The zero-order valence-electron chi connectivity index (χ0n) is 12.4. The van der Waals surface area contributed by atoms with E-state index in [9.17, 15) is 9.59 Å². The number of nitrogens with zero attached hydrogens (tertiary/aromatic N) is 2. The molecular weight excluding hydrogens is 306 g/mol. The number of benzene rings is 1. The summed E-state index contributed by atoms with van der Waals surface area (Å²) in [6.07, 6.45) is 0.313. The molecule has 120 valence electrons. The summed E-state index contributed by atoms with van der Waals surface area (Å²) < 4.78 is 6.70. The van der Waals surface area contributed by atoms with E-state index in [0.29, 0.717) is 18.5 Å². The van der Waals surface area contributed by atoms with Crippen LogP contribution >= 0.6 is 12.4 Å². The minimum absolute atomic E-state index is 0. The fourth-order valence-corrected chi connectivity index (χ4v) is 2.79. The number of aromatic nitrogens is 1. The standard InChI is InChI=1S/C15H19N3O3.ClH/c1-11-10-16-7-9-17(11)14(19)6-8-18-12-4-2-3-5-13(12)21-15(18)20;/h2-5,11,16H,6-10H2,1H3;1H/t11-;/m0./s1. The van der Waals surface area contributed by atoms with Crippen LogP contribution < -0.4 is 11.1 Å². The van der Waals surface area contributed by atoms with Crippen LogP contribution in [0.4, 0.5) is 0 Å². The number of amides is 1. The van der Waals surface area contributed by atoms with E-state index in [1.807, 2.05) is 30.0 Å². The van der Waals surface area contributed by atoms with Gasteiger partial charge in [0.15, 0.2) is 5.58 Å². The van der Waals surface area contributed by atoms with Crippen LogP contribution in [-0.4, -0.2) is 41.1 Å². The maximum Gasteiger partial charge on any atom is 0.419 e. The molecular formula is C15H20ClN3O3. The second-order valence-corrected chi connectivity index (χ2v) is 5.38. The molecule has 0 bridgehead atoms. The number of halogens is 1. The number of carbonyl (C=O) groups excluding carboxylic acids is 1. The maximum absolute atomic E-state index is 12.3. The van der Waals surface area contributed by atoms with Crippen LogP contribution in [0, 0.1) is 0 Å². The second kappa shape index (κ2) is 6.98. The van der Waals surface area contributed by atoms with Crippen molar-refractivity contribution in [2.24, 2.45) is 0 Å². The molecule has 1 amide bonds. The molecule has 0 saturated carbocycles. The Hall–Kier alpha value is -1.79. The summed E-state index contributed by atoms with van der Waals surface area (Å²) in [4.78, 5) is 26.0. The van der Waals surface area contributed by atoms with Crippen molar-refractivity contribution >= 4 is 29.4 Å². The van der Waals surface area contributed by atoms with E-state index in [0.717, 1.165) is 25.2 Å². The van der Waals surface area contributed by atoms with E-state index in [1.54, 1.807) is 6.07 Å². The summed E-state index contributed by atoms with van der Waals surface area (Å²) in [5, 5.41) is 3.26. The predicted molar refractivity (Wildman–Crippen MR) is 86.4 cm³/mol. The zero-order valence-corrected chi connectivity index (χ0v) is 13.3. The lowest BCUT2D eigenvalue weighted by Gasteiger charge is -2.34. The molecule has 2 heterocycles. The first kappa shape index (κ1) is 16.6. The minimum Gasteiger partial charge on any atom is -0.408 e. The lowest BCUT2D eigenvalue weighted by atomic mass is 10.2. The highest BCUT2D eigenvalue weighted by atomic mass is 35.5. The highest BCUT2D eigenvalue weighted by Gasteiger charge is 2.23. The Kier molecular flexibility index (Phi) is 5.26. The largest absolute Gasteiger partial charge is 0.419 e. The quantitative estimate of drug-likeness (QED) is 0.921. The number of carbonyl (C=O) groups is 1. The molecule has 22 heavy (non-hydrogen) atoms. The van der Waals surface area contributed by atoms with E-state index < -0.39 is 5.76 Å². The average Bonchev–Trinajstić information content (AvgIpc) is 2.81. The Morgan fingerprint density at radius 3 is 2.95 bits per heavy atom. The minimum atomic E-state index is -0.405. The number of oxazole rings is 1. The smallest absolute Gasteiger partial charge is 0.408 e. The van der Waals surface area contributed by atoms with Gasteiger partial charge in [-0.15, -0.1) is 12.4 Å². The normalized spacial score (nSPS) is 18.2. The maximum atomic E-state index is 12.3. The van der Waals surface area contributed by atoms with E-state index in [1.165, 1.54) is 4.57 Å². The van der Waals surface area contributed by atoms with Crippen LogP contribution in [-0.2, 0) is 11.3 Å². The molecule has 1 fully saturated rings. The number of piperazine rings is 1. The Morgan fingerprint density at radius 2 is 2.18 bits per heavy atom. The molecule has 1 saturated heterocycles. The molecule has 0 aliphatic carbocycles. The molecule has 1 aliphatic rings. The summed E-state index contributed by atoms with van der Waals surface area (Å²) in [7, 11) is 0. The van der Waals surface area contributed by atoms with Gasteiger partial charge in [0.1, 0.15) is 0 Å². The molecule has 6 nitrogen and oxygen atoms in total. The molecule has 0 spiro atoms. The molecule has 1 aromatic carbocycles. The molecule has 1 aliphatic heterocycles. The van der Waals surface area contributed by atoms with E-state index in [4.69, 9.17) is 4.42 Å². The van der Waals surface area contributed by atoms with Crippen molar-refractivity contribution in [1.29, 1.82) is 0 Å². The van der Waals surface area contributed by atoms with Crippen molar-refractivity contribution in [3.05, 3.63) is 34.8 Å². The SMILES string of the molecule is C[C@H]1CNCCN1C(=O)CCn1c(=O)oc2ccccc21.Cl. The van der Waals surface area contributed by atoms with E-state index >= 15 is 0 Å². The fraction of sp³-hybridized carbons (Fsp3) is 0.467.